The second-order valence-electron chi connectivity index (χ2n) is 1.53. The predicted octanol–water partition coefficient (Wildman–Crippen LogP) is 1.21. The number of hydrogen-bond acceptors (Lipinski definition) is 3. The maximum absolute atomic E-state index is 11.7. The van der Waals surface area contributed by atoms with Crippen molar-refractivity contribution in [1.29, 1.82) is 0 Å². The van der Waals surface area contributed by atoms with Gasteiger partial charge in [0.1, 0.15) is 0 Å². The van der Waals surface area contributed by atoms with Crippen LogP contribution in [0.15, 0.2) is 12.7 Å². The Kier molecular flexibility index (Phi) is 3.59. The fourth-order valence-electron chi connectivity index (χ4n) is 0.236. The molecule has 0 saturated heterocycles. The van der Waals surface area contributed by atoms with Crippen LogP contribution in [-0.2, 0) is 14.5 Å². The van der Waals surface area contributed by atoms with Gasteiger partial charge in [0.05, 0.1) is 0 Å². The zero-order valence-electron chi connectivity index (χ0n) is 5.35. The fourth-order valence-corrected chi connectivity index (χ4v) is 0.236. The third-order valence-electron chi connectivity index (χ3n) is 0.662. The SMILES string of the molecule is C=CC(=O)OCC(F)(F)OF. The minimum Gasteiger partial charge on any atom is -0.453 e. The molecule has 6 heteroatoms. The van der Waals surface area contributed by atoms with E-state index in [0.717, 1.165) is 0 Å². The molecule has 0 bridgehead atoms. The Labute approximate surface area is 60.3 Å². The van der Waals surface area contributed by atoms with Gasteiger partial charge < -0.3 is 4.74 Å². The Morgan fingerprint density at radius 2 is 2.18 bits per heavy atom. The average Bonchev–Trinajstić information content (AvgIpc) is 2.00. The van der Waals surface area contributed by atoms with E-state index in [1.807, 2.05) is 0 Å². The number of alkyl halides is 2. The maximum atomic E-state index is 11.7. The van der Waals surface area contributed by atoms with E-state index in [-0.39, 0.29) is 0 Å². The standard InChI is InChI=1S/C5H5F3O3/c1-2-4(9)10-3-5(6,7)11-8/h2H,1,3H2. The molecule has 0 aromatic carbocycles. The normalized spacial score (nSPS) is 10.8. The first kappa shape index (κ1) is 9.96. The summed E-state index contributed by atoms with van der Waals surface area (Å²) in [5, 5.41) is 0. The third kappa shape index (κ3) is 4.38. The Balaban J connectivity index is 3.69. The number of esters is 1. The number of rotatable bonds is 4. The molecule has 0 rings (SSSR count). The van der Waals surface area contributed by atoms with Gasteiger partial charge in [-0.2, -0.15) is 8.78 Å². The summed E-state index contributed by atoms with van der Waals surface area (Å²) in [6.07, 6.45) is -3.41. The van der Waals surface area contributed by atoms with Crippen molar-refractivity contribution in [3.63, 3.8) is 0 Å². The lowest BCUT2D eigenvalue weighted by Gasteiger charge is -2.08. The second-order valence-corrected chi connectivity index (χ2v) is 1.53. The molecule has 0 spiro atoms. The third-order valence-corrected chi connectivity index (χ3v) is 0.662. The zero-order valence-corrected chi connectivity index (χ0v) is 5.35. The lowest BCUT2D eigenvalue weighted by molar-refractivity contribution is -0.364. The molecule has 0 aromatic rings. The van der Waals surface area contributed by atoms with Crippen molar-refractivity contribution < 1.29 is 27.8 Å². The number of hydrogen-bond donors (Lipinski definition) is 0. The molecule has 11 heavy (non-hydrogen) atoms. The molecule has 0 saturated carbocycles. The summed E-state index contributed by atoms with van der Waals surface area (Å²) in [4.78, 5) is 12.3. The topological polar surface area (TPSA) is 35.5 Å². The Bertz CT molecular complexity index is 157. The van der Waals surface area contributed by atoms with Gasteiger partial charge in [0.2, 0.25) is 0 Å². The van der Waals surface area contributed by atoms with Crippen LogP contribution in [0.2, 0.25) is 0 Å². The van der Waals surface area contributed by atoms with Gasteiger partial charge in [0, 0.05) is 6.08 Å². The molecule has 0 aliphatic heterocycles. The Morgan fingerprint density at radius 1 is 1.64 bits per heavy atom. The molecule has 0 aliphatic rings. The maximum Gasteiger partial charge on any atom is 0.419 e. The van der Waals surface area contributed by atoms with E-state index in [1.54, 1.807) is 0 Å². The van der Waals surface area contributed by atoms with Crippen LogP contribution in [0.4, 0.5) is 13.3 Å². The molecule has 0 N–H and O–H groups in total. The predicted molar refractivity (Wildman–Crippen MR) is 28.3 cm³/mol. The monoisotopic (exact) mass is 170 g/mol. The van der Waals surface area contributed by atoms with Crippen LogP contribution in [0, 0.1) is 0 Å². The van der Waals surface area contributed by atoms with Gasteiger partial charge >= 0.3 is 12.1 Å². The molecular formula is C5H5F3O3. The van der Waals surface area contributed by atoms with Crippen LogP contribution >= 0.6 is 0 Å². The van der Waals surface area contributed by atoms with Crippen LogP contribution in [-0.4, -0.2) is 18.7 Å². The Hall–Kier alpha value is -1.04. The van der Waals surface area contributed by atoms with Crippen LogP contribution in [0.3, 0.4) is 0 Å². The molecule has 0 unspecified atom stereocenters. The van der Waals surface area contributed by atoms with E-state index in [9.17, 15) is 18.1 Å². The van der Waals surface area contributed by atoms with Crippen molar-refractivity contribution in [3.8, 4) is 0 Å². The van der Waals surface area contributed by atoms with Crippen LogP contribution in [0.1, 0.15) is 0 Å². The first-order valence-corrected chi connectivity index (χ1v) is 2.48. The quantitative estimate of drug-likeness (QED) is 0.469. The van der Waals surface area contributed by atoms with E-state index in [0.29, 0.717) is 6.08 Å². The lowest BCUT2D eigenvalue weighted by Crippen LogP contribution is -2.25. The van der Waals surface area contributed by atoms with Gasteiger partial charge in [-0.15, -0.1) is 4.94 Å². The zero-order chi connectivity index (χ0) is 8.91. The lowest BCUT2D eigenvalue weighted by atomic mass is 10.6. The van der Waals surface area contributed by atoms with Crippen molar-refractivity contribution in [3.05, 3.63) is 12.7 Å². The summed E-state index contributed by atoms with van der Waals surface area (Å²) in [7, 11) is 0. The van der Waals surface area contributed by atoms with Gasteiger partial charge in [-0.3, -0.25) is 0 Å². The van der Waals surface area contributed by atoms with Gasteiger partial charge in [-0.25, -0.2) is 4.79 Å². The summed E-state index contributed by atoms with van der Waals surface area (Å²) in [6.45, 7) is 1.47. The summed E-state index contributed by atoms with van der Waals surface area (Å²) >= 11 is 0. The molecule has 0 atom stereocenters. The largest absolute Gasteiger partial charge is 0.453 e. The Morgan fingerprint density at radius 3 is 2.55 bits per heavy atom. The average molecular weight is 170 g/mol. The van der Waals surface area contributed by atoms with Crippen molar-refractivity contribution in [2.24, 2.45) is 0 Å². The summed E-state index contributed by atoms with van der Waals surface area (Å²) in [5.74, 6) is -1.07. The van der Waals surface area contributed by atoms with Crippen molar-refractivity contribution in [2.45, 2.75) is 6.11 Å². The van der Waals surface area contributed by atoms with E-state index in [2.05, 4.69) is 16.3 Å². The molecule has 64 valence electrons. The van der Waals surface area contributed by atoms with E-state index in [1.165, 1.54) is 0 Å². The number of carbonyl (C=O) groups excluding carboxylic acids is 1. The molecule has 3 nitrogen and oxygen atoms in total. The van der Waals surface area contributed by atoms with E-state index >= 15 is 0 Å². The summed E-state index contributed by atoms with van der Waals surface area (Å²) in [5.41, 5.74) is 0. The van der Waals surface area contributed by atoms with E-state index < -0.39 is 18.7 Å². The number of carbonyl (C=O) groups is 1. The van der Waals surface area contributed by atoms with Gasteiger partial charge in [0.25, 0.3) is 0 Å². The minimum atomic E-state index is -4.08. The molecule has 0 radical (unpaired) electrons. The highest BCUT2D eigenvalue weighted by atomic mass is 19.4. The molecule has 0 heterocycles. The van der Waals surface area contributed by atoms with Gasteiger partial charge in [0.15, 0.2) is 6.61 Å². The minimum absolute atomic E-state index is 0.675. The van der Waals surface area contributed by atoms with Crippen molar-refractivity contribution in [2.75, 3.05) is 6.61 Å². The highest BCUT2D eigenvalue weighted by molar-refractivity contribution is 5.81. The van der Waals surface area contributed by atoms with E-state index in [4.69, 9.17) is 0 Å². The number of ether oxygens (including phenoxy) is 1. The number of halogens is 3. The highest BCUT2D eigenvalue weighted by Gasteiger charge is 2.33. The van der Waals surface area contributed by atoms with Crippen LogP contribution in [0.25, 0.3) is 0 Å². The molecule has 0 amide bonds. The smallest absolute Gasteiger partial charge is 0.419 e. The first-order chi connectivity index (χ1) is 5.02. The molecule has 0 fully saturated rings. The van der Waals surface area contributed by atoms with Crippen LogP contribution in [0.5, 0.6) is 0 Å². The van der Waals surface area contributed by atoms with Crippen LogP contribution < -0.4 is 0 Å². The van der Waals surface area contributed by atoms with Crippen molar-refractivity contribution >= 4 is 5.97 Å². The summed E-state index contributed by atoms with van der Waals surface area (Å²) < 4.78 is 38.1. The molecule has 0 aliphatic carbocycles. The fraction of sp³-hybridized carbons (Fsp3) is 0.400. The second kappa shape index (κ2) is 3.97. The van der Waals surface area contributed by atoms with Gasteiger partial charge in [-0.1, -0.05) is 6.58 Å². The van der Waals surface area contributed by atoms with Crippen molar-refractivity contribution in [1.82, 2.24) is 0 Å². The first-order valence-electron chi connectivity index (χ1n) is 2.48. The summed E-state index contributed by atoms with van der Waals surface area (Å²) in [6, 6.07) is 0. The highest BCUT2D eigenvalue weighted by Crippen LogP contribution is 2.15. The van der Waals surface area contributed by atoms with Gasteiger partial charge in [-0.05, 0) is 4.53 Å². The molecule has 0 aromatic heterocycles. The molecular weight excluding hydrogens is 165 g/mol.